The highest BCUT2D eigenvalue weighted by Crippen LogP contribution is 2.27. The fourth-order valence-corrected chi connectivity index (χ4v) is 2.88. The van der Waals surface area contributed by atoms with E-state index in [1.807, 2.05) is 12.1 Å². The number of ether oxygens (including phenoxy) is 3. The Morgan fingerprint density at radius 2 is 1.72 bits per heavy atom. The largest absolute Gasteiger partial charge is 0.497 e. The monoisotopic (exact) mass is 350 g/mol. The second-order valence-electron chi connectivity index (χ2n) is 5.91. The molecule has 1 fully saturated rings. The van der Waals surface area contributed by atoms with Gasteiger partial charge in [0.05, 0.1) is 26.2 Å². The maximum absolute atomic E-state index is 12.8. The highest BCUT2D eigenvalue weighted by molar-refractivity contribution is 6.00. The molecule has 1 aromatic carbocycles. The minimum absolute atomic E-state index is 0.0292. The van der Waals surface area contributed by atoms with E-state index in [0.717, 1.165) is 11.4 Å². The lowest BCUT2D eigenvalue weighted by Gasteiger charge is -2.25. The van der Waals surface area contributed by atoms with Crippen molar-refractivity contribution in [2.24, 2.45) is 5.92 Å². The molecule has 0 saturated carbocycles. The Hall–Kier alpha value is -2.12. The first-order valence-corrected chi connectivity index (χ1v) is 8.31. The van der Waals surface area contributed by atoms with Gasteiger partial charge in [-0.3, -0.25) is 9.59 Å². The van der Waals surface area contributed by atoms with Crippen molar-refractivity contribution in [3.8, 4) is 5.75 Å². The second-order valence-corrected chi connectivity index (χ2v) is 5.91. The smallest absolute Gasteiger partial charge is 0.228 e. The van der Waals surface area contributed by atoms with Gasteiger partial charge in [0.2, 0.25) is 11.8 Å². The van der Waals surface area contributed by atoms with E-state index in [1.54, 1.807) is 43.3 Å². The van der Waals surface area contributed by atoms with Gasteiger partial charge in [-0.25, -0.2) is 0 Å². The molecule has 7 nitrogen and oxygen atoms in total. The Bertz CT molecular complexity index is 567. The lowest BCUT2D eigenvalue weighted by atomic mass is 10.1. The number of amides is 2. The zero-order valence-electron chi connectivity index (χ0n) is 15.1. The molecule has 0 spiro atoms. The first-order chi connectivity index (χ1) is 12.1. The van der Waals surface area contributed by atoms with E-state index >= 15 is 0 Å². The normalized spacial score (nSPS) is 17.0. The van der Waals surface area contributed by atoms with Gasteiger partial charge in [0.1, 0.15) is 5.75 Å². The molecule has 1 atom stereocenters. The van der Waals surface area contributed by atoms with Gasteiger partial charge in [-0.15, -0.1) is 0 Å². The molecule has 7 heteroatoms. The molecule has 0 bridgehead atoms. The minimum atomic E-state index is -0.344. The quantitative estimate of drug-likeness (QED) is 0.669. The van der Waals surface area contributed by atoms with Crippen LogP contribution in [0.5, 0.6) is 5.75 Å². The van der Waals surface area contributed by atoms with Crippen molar-refractivity contribution in [2.45, 2.75) is 6.42 Å². The molecule has 138 valence electrons. The van der Waals surface area contributed by atoms with E-state index in [0.29, 0.717) is 32.8 Å². The Morgan fingerprint density at radius 1 is 1.12 bits per heavy atom. The molecular formula is C18H26N2O5. The van der Waals surface area contributed by atoms with Crippen LogP contribution in [0.2, 0.25) is 0 Å². The van der Waals surface area contributed by atoms with Crippen LogP contribution < -0.4 is 9.64 Å². The van der Waals surface area contributed by atoms with Crippen molar-refractivity contribution in [1.82, 2.24) is 4.90 Å². The average molecular weight is 350 g/mol. The van der Waals surface area contributed by atoms with E-state index in [1.165, 1.54) is 0 Å². The molecule has 25 heavy (non-hydrogen) atoms. The first kappa shape index (κ1) is 19.2. The third-order valence-electron chi connectivity index (χ3n) is 4.30. The molecule has 1 aromatic rings. The van der Waals surface area contributed by atoms with Crippen LogP contribution in [0, 0.1) is 5.92 Å². The summed E-state index contributed by atoms with van der Waals surface area (Å²) in [6, 6.07) is 7.27. The highest BCUT2D eigenvalue weighted by Gasteiger charge is 2.37. The molecule has 2 amide bonds. The molecule has 1 unspecified atom stereocenters. The van der Waals surface area contributed by atoms with E-state index in [9.17, 15) is 9.59 Å². The number of methoxy groups -OCH3 is 3. The summed E-state index contributed by atoms with van der Waals surface area (Å²) in [5, 5.41) is 0. The van der Waals surface area contributed by atoms with Crippen LogP contribution in [0.25, 0.3) is 0 Å². The van der Waals surface area contributed by atoms with Crippen molar-refractivity contribution >= 4 is 17.5 Å². The second kappa shape index (κ2) is 9.39. The van der Waals surface area contributed by atoms with E-state index < -0.39 is 0 Å². The lowest BCUT2D eigenvalue weighted by molar-refractivity contribution is -0.137. The summed E-state index contributed by atoms with van der Waals surface area (Å²) in [6.07, 6.45) is 0.224. The number of carbonyl (C=O) groups is 2. The molecular weight excluding hydrogens is 324 g/mol. The summed E-state index contributed by atoms with van der Waals surface area (Å²) < 4.78 is 15.3. The van der Waals surface area contributed by atoms with Crippen LogP contribution in [0.15, 0.2) is 24.3 Å². The third kappa shape index (κ3) is 4.93. The summed E-state index contributed by atoms with van der Waals surface area (Å²) in [7, 11) is 4.80. The molecule has 0 N–H and O–H groups in total. The summed E-state index contributed by atoms with van der Waals surface area (Å²) in [6.45, 7) is 2.29. The standard InChI is InChI=1S/C18H26N2O5/c1-23-10-8-19(9-11-24-2)18(22)14-12-17(21)20(13-14)15-4-6-16(25-3)7-5-15/h4-7,14H,8-13H2,1-3H3. The van der Waals surface area contributed by atoms with Gasteiger partial charge in [0.25, 0.3) is 0 Å². The first-order valence-electron chi connectivity index (χ1n) is 8.31. The predicted molar refractivity (Wildman–Crippen MR) is 93.8 cm³/mol. The number of carbonyl (C=O) groups excluding carboxylic acids is 2. The molecule has 0 aliphatic carbocycles. The van der Waals surface area contributed by atoms with Crippen molar-refractivity contribution < 1.29 is 23.8 Å². The van der Waals surface area contributed by atoms with Crippen LogP contribution in [-0.2, 0) is 19.1 Å². The van der Waals surface area contributed by atoms with Gasteiger partial charge < -0.3 is 24.0 Å². The molecule has 0 radical (unpaired) electrons. The Kier molecular flexibility index (Phi) is 7.21. The van der Waals surface area contributed by atoms with Crippen molar-refractivity contribution in [1.29, 1.82) is 0 Å². The molecule has 1 saturated heterocycles. The molecule has 1 aliphatic rings. The molecule has 1 aliphatic heterocycles. The van der Waals surface area contributed by atoms with Crippen molar-refractivity contribution in [3.05, 3.63) is 24.3 Å². The summed E-state index contributed by atoms with van der Waals surface area (Å²) >= 11 is 0. The number of anilines is 1. The van der Waals surface area contributed by atoms with E-state index in [4.69, 9.17) is 14.2 Å². The number of hydrogen-bond donors (Lipinski definition) is 0. The summed E-state index contributed by atoms with van der Waals surface area (Å²) in [5.41, 5.74) is 0.779. The van der Waals surface area contributed by atoms with Gasteiger partial charge in [0.15, 0.2) is 0 Å². The molecule has 2 rings (SSSR count). The van der Waals surface area contributed by atoms with Gasteiger partial charge >= 0.3 is 0 Å². The summed E-state index contributed by atoms with van der Waals surface area (Å²) in [5.74, 6) is 0.317. The Labute approximate surface area is 148 Å². The van der Waals surface area contributed by atoms with Crippen LogP contribution >= 0.6 is 0 Å². The highest BCUT2D eigenvalue weighted by atomic mass is 16.5. The van der Waals surface area contributed by atoms with Crippen molar-refractivity contribution in [3.63, 3.8) is 0 Å². The fourth-order valence-electron chi connectivity index (χ4n) is 2.88. The fraction of sp³-hybridized carbons (Fsp3) is 0.556. The van der Waals surface area contributed by atoms with Crippen LogP contribution in [-0.4, -0.2) is 70.9 Å². The SMILES string of the molecule is COCCN(CCOC)C(=O)C1CC(=O)N(c2ccc(OC)cc2)C1. The number of hydrogen-bond acceptors (Lipinski definition) is 5. The maximum atomic E-state index is 12.8. The summed E-state index contributed by atoms with van der Waals surface area (Å²) in [4.78, 5) is 28.5. The van der Waals surface area contributed by atoms with Crippen LogP contribution in [0.1, 0.15) is 6.42 Å². The van der Waals surface area contributed by atoms with E-state index in [2.05, 4.69) is 0 Å². The number of nitrogens with zero attached hydrogens (tertiary/aromatic N) is 2. The zero-order chi connectivity index (χ0) is 18.2. The van der Waals surface area contributed by atoms with Gasteiger partial charge in [0, 0.05) is 46.0 Å². The average Bonchev–Trinajstić information content (AvgIpc) is 3.03. The topological polar surface area (TPSA) is 68.3 Å². The Morgan fingerprint density at radius 3 is 2.24 bits per heavy atom. The molecule has 1 heterocycles. The predicted octanol–water partition coefficient (Wildman–Crippen LogP) is 1.17. The zero-order valence-corrected chi connectivity index (χ0v) is 15.1. The number of benzene rings is 1. The van der Waals surface area contributed by atoms with Crippen molar-refractivity contribution in [2.75, 3.05) is 59.1 Å². The van der Waals surface area contributed by atoms with Gasteiger partial charge in [-0.1, -0.05) is 0 Å². The minimum Gasteiger partial charge on any atom is -0.497 e. The molecule has 0 aromatic heterocycles. The van der Waals surface area contributed by atoms with Gasteiger partial charge in [-0.2, -0.15) is 0 Å². The number of rotatable bonds is 9. The Balaban J connectivity index is 2.04. The van der Waals surface area contributed by atoms with Gasteiger partial charge in [-0.05, 0) is 24.3 Å². The maximum Gasteiger partial charge on any atom is 0.228 e. The van der Waals surface area contributed by atoms with E-state index in [-0.39, 0.29) is 24.2 Å². The van der Waals surface area contributed by atoms with Crippen LogP contribution in [0.4, 0.5) is 5.69 Å². The lowest BCUT2D eigenvalue weighted by Crippen LogP contribution is -2.41. The van der Waals surface area contributed by atoms with Crippen LogP contribution in [0.3, 0.4) is 0 Å². The third-order valence-corrected chi connectivity index (χ3v) is 4.30.